The average molecular weight is 266 g/mol. The zero-order valence-corrected chi connectivity index (χ0v) is 11.5. The zero-order chi connectivity index (χ0) is 13.7. The normalized spacial score (nSPS) is 12.0. The first-order valence-electron chi connectivity index (χ1n) is 5.73. The molecule has 0 aliphatic heterocycles. The number of pyridine rings is 1. The Bertz CT molecular complexity index is 447. The van der Waals surface area contributed by atoms with Gasteiger partial charge in [-0.2, -0.15) is 0 Å². The SMILES string of the molecule is CC(C)NC(=O)C(C)Nc1ccnc(C(N)=S)c1. The minimum absolute atomic E-state index is 0.0568. The third-order valence-electron chi connectivity index (χ3n) is 2.22. The second-order valence-electron chi connectivity index (χ2n) is 4.32. The maximum absolute atomic E-state index is 11.7. The Kier molecular flexibility index (Phi) is 5.03. The molecular formula is C12H18N4OS. The summed E-state index contributed by atoms with van der Waals surface area (Å²) >= 11 is 4.85. The lowest BCUT2D eigenvalue weighted by Gasteiger charge is -2.17. The van der Waals surface area contributed by atoms with E-state index in [1.165, 1.54) is 0 Å². The highest BCUT2D eigenvalue weighted by atomic mass is 32.1. The highest BCUT2D eigenvalue weighted by molar-refractivity contribution is 7.80. The summed E-state index contributed by atoms with van der Waals surface area (Å²) in [4.78, 5) is 16.0. The van der Waals surface area contributed by atoms with Crippen molar-refractivity contribution in [1.82, 2.24) is 10.3 Å². The Morgan fingerprint density at radius 3 is 2.67 bits per heavy atom. The number of anilines is 1. The molecule has 1 aromatic heterocycles. The first kappa shape index (κ1) is 14.4. The summed E-state index contributed by atoms with van der Waals surface area (Å²) in [5, 5.41) is 5.91. The topological polar surface area (TPSA) is 80.0 Å². The Labute approximate surface area is 112 Å². The minimum Gasteiger partial charge on any atom is -0.388 e. The monoisotopic (exact) mass is 266 g/mol. The predicted molar refractivity (Wildman–Crippen MR) is 76.5 cm³/mol. The molecule has 98 valence electrons. The Hall–Kier alpha value is -1.69. The van der Waals surface area contributed by atoms with Crippen molar-refractivity contribution in [3.63, 3.8) is 0 Å². The summed E-state index contributed by atoms with van der Waals surface area (Å²) < 4.78 is 0. The van der Waals surface area contributed by atoms with E-state index >= 15 is 0 Å². The van der Waals surface area contributed by atoms with Crippen LogP contribution in [0.2, 0.25) is 0 Å². The van der Waals surface area contributed by atoms with Gasteiger partial charge in [-0.15, -0.1) is 0 Å². The Balaban J connectivity index is 2.69. The van der Waals surface area contributed by atoms with E-state index in [2.05, 4.69) is 15.6 Å². The maximum atomic E-state index is 11.7. The number of nitrogens with zero attached hydrogens (tertiary/aromatic N) is 1. The third-order valence-corrected chi connectivity index (χ3v) is 2.43. The number of carbonyl (C=O) groups excluding carboxylic acids is 1. The summed E-state index contributed by atoms with van der Waals surface area (Å²) in [5.41, 5.74) is 6.80. The number of hydrogen-bond donors (Lipinski definition) is 3. The van der Waals surface area contributed by atoms with Crippen LogP contribution in [0.25, 0.3) is 0 Å². The van der Waals surface area contributed by atoms with Crippen LogP contribution < -0.4 is 16.4 Å². The molecule has 0 saturated heterocycles. The number of nitrogens with two attached hydrogens (primary N) is 1. The minimum atomic E-state index is -0.339. The number of amides is 1. The summed E-state index contributed by atoms with van der Waals surface area (Å²) in [5.74, 6) is -0.0568. The second kappa shape index (κ2) is 6.30. The van der Waals surface area contributed by atoms with Crippen LogP contribution in [0, 0.1) is 0 Å². The van der Waals surface area contributed by atoms with E-state index in [0.29, 0.717) is 5.69 Å². The van der Waals surface area contributed by atoms with Crippen molar-refractivity contribution < 1.29 is 4.79 Å². The maximum Gasteiger partial charge on any atom is 0.242 e. The van der Waals surface area contributed by atoms with Crippen LogP contribution in [-0.2, 0) is 4.79 Å². The molecule has 1 unspecified atom stereocenters. The Morgan fingerprint density at radius 2 is 2.11 bits per heavy atom. The molecule has 1 amide bonds. The fraction of sp³-hybridized carbons (Fsp3) is 0.417. The third kappa shape index (κ3) is 4.29. The van der Waals surface area contributed by atoms with Gasteiger partial charge in [0.15, 0.2) is 0 Å². The number of carbonyl (C=O) groups is 1. The van der Waals surface area contributed by atoms with Gasteiger partial charge in [-0.25, -0.2) is 0 Å². The Morgan fingerprint density at radius 1 is 1.44 bits per heavy atom. The van der Waals surface area contributed by atoms with Gasteiger partial charge < -0.3 is 16.4 Å². The van der Waals surface area contributed by atoms with Crippen molar-refractivity contribution >= 4 is 28.8 Å². The first-order valence-corrected chi connectivity index (χ1v) is 6.13. The van der Waals surface area contributed by atoms with Crippen LogP contribution in [0.5, 0.6) is 0 Å². The standard InChI is InChI=1S/C12H18N4OS/c1-7(2)15-12(17)8(3)16-9-4-5-14-10(6-9)11(13)18/h4-8H,1-3H3,(H2,13,18)(H,14,16)(H,15,17). The molecule has 0 saturated carbocycles. The summed E-state index contributed by atoms with van der Waals surface area (Å²) in [7, 11) is 0. The summed E-state index contributed by atoms with van der Waals surface area (Å²) in [6, 6.07) is 3.27. The molecule has 1 heterocycles. The molecule has 1 rings (SSSR count). The van der Waals surface area contributed by atoms with Gasteiger partial charge in [0.1, 0.15) is 11.0 Å². The van der Waals surface area contributed by atoms with Crippen LogP contribution in [-0.4, -0.2) is 28.0 Å². The lowest BCUT2D eigenvalue weighted by atomic mass is 10.2. The quantitative estimate of drug-likeness (QED) is 0.694. The molecule has 4 N–H and O–H groups in total. The molecule has 0 radical (unpaired) electrons. The van der Waals surface area contributed by atoms with E-state index in [9.17, 15) is 4.79 Å². The number of nitrogens with one attached hydrogen (secondary N) is 2. The molecule has 0 spiro atoms. The molecule has 1 aromatic rings. The predicted octanol–water partition coefficient (Wildman–Crippen LogP) is 1.04. The van der Waals surface area contributed by atoms with E-state index in [0.717, 1.165) is 5.69 Å². The molecule has 5 nitrogen and oxygen atoms in total. The van der Waals surface area contributed by atoms with E-state index in [-0.39, 0.29) is 23.0 Å². The zero-order valence-electron chi connectivity index (χ0n) is 10.7. The second-order valence-corrected chi connectivity index (χ2v) is 4.76. The molecular weight excluding hydrogens is 248 g/mol. The van der Waals surface area contributed by atoms with Crippen LogP contribution in [0.4, 0.5) is 5.69 Å². The lowest BCUT2D eigenvalue weighted by Crippen LogP contribution is -2.41. The van der Waals surface area contributed by atoms with Gasteiger partial charge in [-0.1, -0.05) is 12.2 Å². The van der Waals surface area contributed by atoms with E-state index in [1.54, 1.807) is 25.3 Å². The van der Waals surface area contributed by atoms with Gasteiger partial charge in [0.2, 0.25) is 5.91 Å². The van der Waals surface area contributed by atoms with Gasteiger partial charge in [0.25, 0.3) is 0 Å². The van der Waals surface area contributed by atoms with Crippen molar-refractivity contribution in [3.8, 4) is 0 Å². The fourth-order valence-electron chi connectivity index (χ4n) is 1.38. The van der Waals surface area contributed by atoms with Crippen molar-refractivity contribution in [1.29, 1.82) is 0 Å². The fourth-order valence-corrected chi connectivity index (χ4v) is 1.49. The summed E-state index contributed by atoms with van der Waals surface area (Å²) in [6.45, 7) is 5.63. The number of hydrogen-bond acceptors (Lipinski definition) is 4. The molecule has 18 heavy (non-hydrogen) atoms. The molecule has 0 aliphatic carbocycles. The molecule has 0 aromatic carbocycles. The number of rotatable bonds is 5. The number of aromatic nitrogens is 1. The molecule has 0 aliphatic rings. The van der Waals surface area contributed by atoms with Crippen molar-refractivity contribution in [2.24, 2.45) is 5.73 Å². The highest BCUT2D eigenvalue weighted by Gasteiger charge is 2.13. The van der Waals surface area contributed by atoms with Crippen LogP contribution in [0.1, 0.15) is 26.5 Å². The van der Waals surface area contributed by atoms with Crippen LogP contribution >= 0.6 is 12.2 Å². The van der Waals surface area contributed by atoms with E-state index in [1.807, 2.05) is 13.8 Å². The van der Waals surface area contributed by atoms with Gasteiger partial charge in [0, 0.05) is 17.9 Å². The van der Waals surface area contributed by atoms with Gasteiger partial charge in [-0.05, 0) is 32.9 Å². The van der Waals surface area contributed by atoms with Gasteiger partial charge in [0.05, 0.1) is 5.69 Å². The largest absolute Gasteiger partial charge is 0.388 e. The average Bonchev–Trinajstić information content (AvgIpc) is 2.28. The number of thiocarbonyl (C=S) groups is 1. The first-order chi connectivity index (χ1) is 8.40. The van der Waals surface area contributed by atoms with Crippen molar-refractivity contribution in [3.05, 3.63) is 24.0 Å². The van der Waals surface area contributed by atoms with E-state index < -0.39 is 0 Å². The summed E-state index contributed by atoms with van der Waals surface area (Å²) in [6.07, 6.45) is 1.60. The van der Waals surface area contributed by atoms with Crippen LogP contribution in [0.15, 0.2) is 18.3 Å². The molecule has 0 fully saturated rings. The molecule has 0 bridgehead atoms. The van der Waals surface area contributed by atoms with Gasteiger partial charge in [-0.3, -0.25) is 9.78 Å². The lowest BCUT2D eigenvalue weighted by molar-refractivity contribution is -0.122. The highest BCUT2D eigenvalue weighted by Crippen LogP contribution is 2.09. The van der Waals surface area contributed by atoms with E-state index in [4.69, 9.17) is 18.0 Å². The van der Waals surface area contributed by atoms with Crippen LogP contribution in [0.3, 0.4) is 0 Å². The van der Waals surface area contributed by atoms with Crippen molar-refractivity contribution in [2.45, 2.75) is 32.9 Å². The molecule has 6 heteroatoms. The molecule has 1 atom stereocenters. The smallest absolute Gasteiger partial charge is 0.242 e. The van der Waals surface area contributed by atoms with Gasteiger partial charge >= 0.3 is 0 Å². The van der Waals surface area contributed by atoms with Crippen molar-refractivity contribution in [2.75, 3.05) is 5.32 Å².